The third-order valence-electron chi connectivity index (χ3n) is 4.47. The summed E-state index contributed by atoms with van der Waals surface area (Å²) < 4.78 is 7.46. The maximum Gasteiger partial charge on any atom is 0.263 e. The summed E-state index contributed by atoms with van der Waals surface area (Å²) in [4.78, 5) is 14.8. The highest BCUT2D eigenvalue weighted by molar-refractivity contribution is 6.30. The Morgan fingerprint density at radius 2 is 2.08 bits per heavy atom. The molecule has 128 valence electrons. The summed E-state index contributed by atoms with van der Waals surface area (Å²) in [6, 6.07) is 9.39. The van der Waals surface area contributed by atoms with Crippen LogP contribution in [0.2, 0.25) is 5.15 Å². The molecule has 0 aliphatic carbocycles. The Balaban J connectivity index is 1.78. The number of aromatic nitrogens is 2. The minimum atomic E-state index is -0.538. The number of hydrogen-bond acceptors (Lipinski definition) is 3. The molecule has 0 N–H and O–H groups in total. The van der Waals surface area contributed by atoms with E-state index in [4.69, 9.17) is 16.3 Å². The summed E-state index contributed by atoms with van der Waals surface area (Å²) in [7, 11) is 1.82. The maximum absolute atomic E-state index is 12.9. The first-order valence-electron chi connectivity index (χ1n) is 8.20. The van der Waals surface area contributed by atoms with Gasteiger partial charge in [0.05, 0.1) is 11.7 Å². The van der Waals surface area contributed by atoms with Gasteiger partial charge in [-0.05, 0) is 38.8 Å². The average Bonchev–Trinajstić information content (AvgIpc) is 3.12. The van der Waals surface area contributed by atoms with E-state index in [9.17, 15) is 4.79 Å². The number of rotatable bonds is 4. The highest BCUT2D eigenvalue weighted by Gasteiger charge is 2.36. The second-order valence-corrected chi connectivity index (χ2v) is 6.53. The third-order valence-corrected chi connectivity index (χ3v) is 4.92. The molecule has 5 nitrogen and oxygen atoms in total. The molecule has 2 atom stereocenters. The van der Waals surface area contributed by atoms with Crippen molar-refractivity contribution in [3.8, 4) is 5.75 Å². The van der Waals surface area contributed by atoms with Gasteiger partial charge in [-0.3, -0.25) is 9.48 Å². The van der Waals surface area contributed by atoms with Crippen LogP contribution in [0.4, 0.5) is 0 Å². The second-order valence-electron chi connectivity index (χ2n) is 6.18. The molecule has 0 bridgehead atoms. The quantitative estimate of drug-likeness (QED) is 0.850. The Morgan fingerprint density at radius 3 is 2.71 bits per heavy atom. The lowest BCUT2D eigenvalue weighted by atomic mass is 10.1. The van der Waals surface area contributed by atoms with Crippen LogP contribution in [0.1, 0.15) is 37.1 Å². The van der Waals surface area contributed by atoms with Crippen molar-refractivity contribution in [3.05, 3.63) is 46.7 Å². The van der Waals surface area contributed by atoms with E-state index >= 15 is 0 Å². The largest absolute Gasteiger partial charge is 0.481 e. The zero-order valence-electron chi connectivity index (χ0n) is 14.2. The van der Waals surface area contributed by atoms with Crippen molar-refractivity contribution < 1.29 is 9.53 Å². The minimum Gasteiger partial charge on any atom is -0.481 e. The topological polar surface area (TPSA) is 47.4 Å². The SMILES string of the molecule is Cc1nn(C)c(Cl)c1[C@H]1CCCN1C(=O)[C@@H](C)Oc1ccccc1. The zero-order valence-corrected chi connectivity index (χ0v) is 15.0. The fourth-order valence-corrected chi connectivity index (χ4v) is 3.64. The second kappa shape index (κ2) is 6.85. The molecule has 0 spiro atoms. The Morgan fingerprint density at radius 1 is 1.38 bits per heavy atom. The van der Waals surface area contributed by atoms with E-state index in [0.29, 0.717) is 10.9 Å². The van der Waals surface area contributed by atoms with Gasteiger partial charge >= 0.3 is 0 Å². The molecule has 1 saturated heterocycles. The summed E-state index contributed by atoms with van der Waals surface area (Å²) >= 11 is 6.40. The third kappa shape index (κ3) is 3.13. The molecular formula is C18H22ClN3O2. The highest BCUT2D eigenvalue weighted by atomic mass is 35.5. The fourth-order valence-electron chi connectivity index (χ4n) is 3.34. The standard InChI is InChI=1S/C18H22ClN3O2/c1-12-16(17(19)21(3)20-12)15-10-7-11-22(15)18(23)13(2)24-14-8-5-4-6-9-14/h4-6,8-9,13,15H,7,10-11H2,1-3H3/t13-,15-/m1/s1. The number of halogens is 1. The molecule has 2 aromatic rings. The van der Waals surface area contributed by atoms with Crippen LogP contribution in [0.25, 0.3) is 0 Å². The van der Waals surface area contributed by atoms with Crippen molar-refractivity contribution in [2.75, 3.05) is 6.54 Å². The number of nitrogens with zero attached hydrogens (tertiary/aromatic N) is 3. The molecule has 24 heavy (non-hydrogen) atoms. The number of likely N-dealkylation sites (tertiary alicyclic amines) is 1. The number of amides is 1. The number of hydrogen-bond donors (Lipinski definition) is 0. The Hall–Kier alpha value is -2.01. The molecule has 1 amide bonds. The first-order valence-corrected chi connectivity index (χ1v) is 8.58. The number of benzene rings is 1. The monoisotopic (exact) mass is 347 g/mol. The zero-order chi connectivity index (χ0) is 17.3. The van der Waals surface area contributed by atoms with Crippen molar-refractivity contribution >= 4 is 17.5 Å². The molecule has 1 aromatic heterocycles. The minimum absolute atomic E-state index is 0.0133. The molecule has 1 aliphatic rings. The van der Waals surface area contributed by atoms with Crippen molar-refractivity contribution in [1.29, 1.82) is 0 Å². The van der Waals surface area contributed by atoms with Gasteiger partial charge < -0.3 is 9.64 Å². The van der Waals surface area contributed by atoms with Gasteiger partial charge in [0.2, 0.25) is 0 Å². The number of ether oxygens (including phenoxy) is 1. The van der Waals surface area contributed by atoms with Crippen LogP contribution in [0.3, 0.4) is 0 Å². The molecule has 0 saturated carbocycles. The number of carbonyl (C=O) groups excluding carboxylic acids is 1. The Bertz CT molecular complexity index is 729. The van der Waals surface area contributed by atoms with Gasteiger partial charge in [-0.15, -0.1) is 0 Å². The summed E-state index contributed by atoms with van der Waals surface area (Å²) in [5.41, 5.74) is 1.83. The molecule has 3 rings (SSSR count). The smallest absolute Gasteiger partial charge is 0.263 e. The molecular weight excluding hydrogens is 326 g/mol. The van der Waals surface area contributed by atoms with Gasteiger partial charge in [0.15, 0.2) is 6.10 Å². The van der Waals surface area contributed by atoms with Crippen LogP contribution in [0.5, 0.6) is 5.75 Å². The van der Waals surface area contributed by atoms with Crippen LogP contribution in [0, 0.1) is 6.92 Å². The van der Waals surface area contributed by atoms with E-state index in [1.54, 1.807) is 11.6 Å². The van der Waals surface area contributed by atoms with E-state index < -0.39 is 6.10 Å². The maximum atomic E-state index is 12.9. The van der Waals surface area contributed by atoms with Gasteiger partial charge in [0, 0.05) is 19.2 Å². The van der Waals surface area contributed by atoms with Crippen molar-refractivity contribution in [1.82, 2.24) is 14.7 Å². The predicted molar refractivity (Wildman–Crippen MR) is 93.2 cm³/mol. The summed E-state index contributed by atoms with van der Waals surface area (Å²) in [6.45, 7) is 4.45. The van der Waals surface area contributed by atoms with Crippen molar-refractivity contribution in [2.45, 2.75) is 38.8 Å². The van der Waals surface area contributed by atoms with E-state index in [2.05, 4.69) is 5.10 Å². The number of para-hydroxylation sites is 1. The van der Waals surface area contributed by atoms with Gasteiger partial charge in [0.25, 0.3) is 5.91 Å². The van der Waals surface area contributed by atoms with Gasteiger partial charge in [-0.1, -0.05) is 29.8 Å². The fraction of sp³-hybridized carbons (Fsp3) is 0.444. The first kappa shape index (κ1) is 16.8. The number of carbonyl (C=O) groups is 1. The molecule has 2 heterocycles. The lowest BCUT2D eigenvalue weighted by molar-refractivity contribution is -0.138. The van der Waals surface area contributed by atoms with E-state index in [0.717, 1.165) is 30.6 Å². The lowest BCUT2D eigenvalue weighted by Gasteiger charge is -2.28. The molecule has 1 aromatic carbocycles. The summed E-state index contributed by atoms with van der Waals surface area (Å²) in [6.07, 6.45) is 1.32. The Labute approximate surface area is 147 Å². The van der Waals surface area contributed by atoms with Gasteiger partial charge in [-0.2, -0.15) is 5.10 Å². The first-order chi connectivity index (χ1) is 11.5. The molecule has 6 heteroatoms. The van der Waals surface area contributed by atoms with Crippen LogP contribution in [-0.4, -0.2) is 33.2 Å². The van der Waals surface area contributed by atoms with Crippen molar-refractivity contribution in [2.24, 2.45) is 7.05 Å². The number of aryl methyl sites for hydroxylation is 2. The van der Waals surface area contributed by atoms with E-state index in [1.807, 2.05) is 49.2 Å². The van der Waals surface area contributed by atoms with Gasteiger partial charge in [0.1, 0.15) is 10.9 Å². The van der Waals surface area contributed by atoms with E-state index in [1.165, 1.54) is 0 Å². The summed E-state index contributed by atoms with van der Waals surface area (Å²) in [5, 5.41) is 4.98. The molecule has 0 radical (unpaired) electrons. The average molecular weight is 348 g/mol. The molecule has 1 fully saturated rings. The normalized spacial score (nSPS) is 18.7. The van der Waals surface area contributed by atoms with Crippen LogP contribution >= 0.6 is 11.6 Å². The van der Waals surface area contributed by atoms with E-state index in [-0.39, 0.29) is 11.9 Å². The van der Waals surface area contributed by atoms with Crippen molar-refractivity contribution in [3.63, 3.8) is 0 Å². The molecule has 1 aliphatic heterocycles. The highest BCUT2D eigenvalue weighted by Crippen LogP contribution is 2.38. The van der Waals surface area contributed by atoms with Crippen LogP contribution in [-0.2, 0) is 11.8 Å². The lowest BCUT2D eigenvalue weighted by Crippen LogP contribution is -2.40. The Kier molecular flexibility index (Phi) is 4.81. The van der Waals surface area contributed by atoms with Gasteiger partial charge in [-0.25, -0.2) is 0 Å². The van der Waals surface area contributed by atoms with Crippen LogP contribution in [0.15, 0.2) is 30.3 Å². The molecule has 0 unspecified atom stereocenters. The van der Waals surface area contributed by atoms with Crippen LogP contribution < -0.4 is 4.74 Å². The predicted octanol–water partition coefficient (Wildman–Crippen LogP) is 3.51. The summed E-state index contributed by atoms with van der Waals surface area (Å²) in [5.74, 6) is 0.686.